The minimum atomic E-state index is -0.193. The van der Waals surface area contributed by atoms with E-state index in [-0.39, 0.29) is 17.4 Å². The van der Waals surface area contributed by atoms with E-state index in [4.69, 9.17) is 0 Å². The number of carbonyl (C=O) groups is 1. The van der Waals surface area contributed by atoms with E-state index >= 15 is 0 Å². The SMILES string of the molecule is CCC1(C(=O)NC(c2ccccc2)C2CC2)CCNC1. The summed E-state index contributed by atoms with van der Waals surface area (Å²) in [6.07, 6.45) is 4.34. The van der Waals surface area contributed by atoms with Crippen LogP contribution in [0.2, 0.25) is 0 Å². The molecule has 2 atom stereocenters. The fourth-order valence-electron chi connectivity index (χ4n) is 3.26. The van der Waals surface area contributed by atoms with Crippen LogP contribution in [0.5, 0.6) is 0 Å². The van der Waals surface area contributed by atoms with Crippen molar-refractivity contribution in [3.63, 3.8) is 0 Å². The molecule has 2 N–H and O–H groups in total. The molecule has 0 spiro atoms. The second-order valence-electron chi connectivity index (χ2n) is 6.26. The van der Waals surface area contributed by atoms with Gasteiger partial charge in [0.25, 0.3) is 0 Å². The average Bonchev–Trinajstić information content (AvgIpc) is 3.21. The van der Waals surface area contributed by atoms with Gasteiger partial charge in [0.2, 0.25) is 5.91 Å². The molecule has 1 aromatic rings. The summed E-state index contributed by atoms with van der Waals surface area (Å²) in [5, 5.41) is 6.69. The van der Waals surface area contributed by atoms with Crippen LogP contribution in [0.15, 0.2) is 30.3 Å². The van der Waals surface area contributed by atoms with Crippen LogP contribution < -0.4 is 10.6 Å². The Kier molecular flexibility index (Phi) is 3.79. The highest BCUT2D eigenvalue weighted by molar-refractivity contribution is 5.83. The van der Waals surface area contributed by atoms with E-state index in [2.05, 4.69) is 41.8 Å². The summed E-state index contributed by atoms with van der Waals surface area (Å²) < 4.78 is 0. The molecule has 1 saturated carbocycles. The largest absolute Gasteiger partial charge is 0.348 e. The molecular formula is C17H24N2O. The molecule has 3 rings (SSSR count). The number of rotatable bonds is 5. The molecule has 20 heavy (non-hydrogen) atoms. The molecule has 2 aliphatic rings. The zero-order chi connectivity index (χ0) is 14.0. The number of nitrogens with one attached hydrogen (secondary N) is 2. The van der Waals surface area contributed by atoms with E-state index in [9.17, 15) is 4.79 Å². The first-order valence-electron chi connectivity index (χ1n) is 7.82. The Morgan fingerprint density at radius 2 is 2.15 bits per heavy atom. The van der Waals surface area contributed by atoms with Gasteiger partial charge in [-0.2, -0.15) is 0 Å². The van der Waals surface area contributed by atoms with Gasteiger partial charge in [0, 0.05) is 6.54 Å². The van der Waals surface area contributed by atoms with Gasteiger partial charge in [-0.1, -0.05) is 37.3 Å². The van der Waals surface area contributed by atoms with Crippen molar-refractivity contribution in [1.82, 2.24) is 10.6 Å². The van der Waals surface area contributed by atoms with Crippen molar-refractivity contribution in [2.45, 2.75) is 38.6 Å². The second-order valence-corrected chi connectivity index (χ2v) is 6.26. The maximum Gasteiger partial charge on any atom is 0.228 e. The molecule has 0 aromatic heterocycles. The van der Waals surface area contributed by atoms with Crippen molar-refractivity contribution >= 4 is 5.91 Å². The quantitative estimate of drug-likeness (QED) is 0.865. The van der Waals surface area contributed by atoms with Crippen molar-refractivity contribution in [3.05, 3.63) is 35.9 Å². The van der Waals surface area contributed by atoms with Gasteiger partial charge in [0.15, 0.2) is 0 Å². The molecular weight excluding hydrogens is 248 g/mol. The summed E-state index contributed by atoms with van der Waals surface area (Å²) in [6.45, 7) is 3.91. The summed E-state index contributed by atoms with van der Waals surface area (Å²) in [5.74, 6) is 0.871. The van der Waals surface area contributed by atoms with Crippen LogP contribution in [0.4, 0.5) is 0 Å². The third-order valence-electron chi connectivity index (χ3n) is 4.94. The maximum atomic E-state index is 12.8. The van der Waals surface area contributed by atoms with Gasteiger partial charge in [0.05, 0.1) is 11.5 Å². The standard InChI is InChI=1S/C17H24N2O/c1-2-17(10-11-18-12-17)16(20)19-15(14-8-9-14)13-6-4-3-5-7-13/h3-7,14-15,18H,2,8-12H2,1H3,(H,19,20). The highest BCUT2D eigenvalue weighted by atomic mass is 16.2. The third-order valence-corrected chi connectivity index (χ3v) is 4.94. The van der Waals surface area contributed by atoms with Crippen LogP contribution in [-0.2, 0) is 4.79 Å². The topological polar surface area (TPSA) is 41.1 Å². The van der Waals surface area contributed by atoms with Gasteiger partial charge >= 0.3 is 0 Å². The van der Waals surface area contributed by atoms with Gasteiger partial charge in [-0.25, -0.2) is 0 Å². The molecule has 1 heterocycles. The predicted octanol–water partition coefficient (Wildman–Crippen LogP) is 2.64. The molecule has 2 fully saturated rings. The fourth-order valence-corrected chi connectivity index (χ4v) is 3.26. The van der Waals surface area contributed by atoms with E-state index in [0.717, 1.165) is 25.9 Å². The van der Waals surface area contributed by atoms with E-state index < -0.39 is 0 Å². The van der Waals surface area contributed by atoms with Gasteiger partial charge < -0.3 is 10.6 Å². The van der Waals surface area contributed by atoms with E-state index in [1.54, 1.807) is 0 Å². The predicted molar refractivity (Wildman–Crippen MR) is 80.3 cm³/mol. The lowest BCUT2D eigenvalue weighted by Gasteiger charge is -2.29. The molecule has 1 saturated heterocycles. The smallest absolute Gasteiger partial charge is 0.228 e. The first-order chi connectivity index (χ1) is 9.75. The van der Waals surface area contributed by atoms with E-state index in [1.807, 2.05) is 6.07 Å². The summed E-state index contributed by atoms with van der Waals surface area (Å²) in [4.78, 5) is 12.8. The lowest BCUT2D eigenvalue weighted by molar-refractivity contribution is -0.131. The first-order valence-corrected chi connectivity index (χ1v) is 7.82. The number of amides is 1. The van der Waals surface area contributed by atoms with Crippen LogP contribution in [0.1, 0.15) is 44.2 Å². The normalized spacial score (nSPS) is 27.2. The van der Waals surface area contributed by atoms with Crippen molar-refractivity contribution < 1.29 is 4.79 Å². The summed E-state index contributed by atoms with van der Waals surface area (Å²) in [6, 6.07) is 10.6. The molecule has 108 valence electrons. The molecule has 1 aliphatic heterocycles. The van der Waals surface area contributed by atoms with Gasteiger partial charge in [-0.3, -0.25) is 4.79 Å². The van der Waals surface area contributed by atoms with Crippen molar-refractivity contribution in [2.75, 3.05) is 13.1 Å². The van der Waals surface area contributed by atoms with Crippen molar-refractivity contribution in [1.29, 1.82) is 0 Å². The summed E-state index contributed by atoms with van der Waals surface area (Å²) in [5.41, 5.74) is 1.06. The lowest BCUT2D eigenvalue weighted by Crippen LogP contribution is -2.44. The molecule has 1 amide bonds. The third kappa shape index (κ3) is 2.59. The molecule has 2 unspecified atom stereocenters. The van der Waals surface area contributed by atoms with Gasteiger partial charge in [-0.05, 0) is 43.7 Å². The Morgan fingerprint density at radius 1 is 1.40 bits per heavy atom. The zero-order valence-electron chi connectivity index (χ0n) is 12.2. The molecule has 0 bridgehead atoms. The van der Waals surface area contributed by atoms with Crippen LogP contribution >= 0.6 is 0 Å². The highest BCUT2D eigenvalue weighted by Crippen LogP contribution is 2.42. The van der Waals surface area contributed by atoms with Gasteiger partial charge in [-0.15, -0.1) is 0 Å². The van der Waals surface area contributed by atoms with Crippen LogP contribution in [-0.4, -0.2) is 19.0 Å². The average molecular weight is 272 g/mol. The Hall–Kier alpha value is -1.35. The monoisotopic (exact) mass is 272 g/mol. The highest BCUT2D eigenvalue weighted by Gasteiger charge is 2.42. The Bertz CT molecular complexity index is 461. The zero-order valence-corrected chi connectivity index (χ0v) is 12.2. The Labute approximate surface area is 121 Å². The molecule has 3 nitrogen and oxygen atoms in total. The van der Waals surface area contributed by atoms with Crippen LogP contribution in [0.3, 0.4) is 0 Å². The molecule has 0 radical (unpaired) electrons. The fraction of sp³-hybridized carbons (Fsp3) is 0.588. The molecule has 1 aliphatic carbocycles. The number of carbonyl (C=O) groups excluding carboxylic acids is 1. The van der Waals surface area contributed by atoms with Crippen LogP contribution in [0, 0.1) is 11.3 Å². The van der Waals surface area contributed by atoms with Crippen molar-refractivity contribution in [3.8, 4) is 0 Å². The van der Waals surface area contributed by atoms with E-state index in [0.29, 0.717) is 5.92 Å². The van der Waals surface area contributed by atoms with Crippen LogP contribution in [0.25, 0.3) is 0 Å². The second kappa shape index (κ2) is 5.57. The number of hydrogen-bond acceptors (Lipinski definition) is 2. The Morgan fingerprint density at radius 3 is 2.70 bits per heavy atom. The maximum absolute atomic E-state index is 12.8. The first kappa shape index (κ1) is 13.6. The van der Waals surface area contributed by atoms with Crippen molar-refractivity contribution in [2.24, 2.45) is 11.3 Å². The molecule has 1 aromatic carbocycles. The lowest BCUT2D eigenvalue weighted by atomic mass is 9.82. The molecule has 3 heteroatoms. The number of benzene rings is 1. The minimum Gasteiger partial charge on any atom is -0.348 e. The Balaban J connectivity index is 1.75. The summed E-state index contributed by atoms with van der Waals surface area (Å²) in [7, 11) is 0. The number of hydrogen-bond donors (Lipinski definition) is 2. The minimum absolute atomic E-state index is 0.193. The summed E-state index contributed by atoms with van der Waals surface area (Å²) >= 11 is 0. The van der Waals surface area contributed by atoms with E-state index in [1.165, 1.54) is 18.4 Å². The van der Waals surface area contributed by atoms with Gasteiger partial charge in [0.1, 0.15) is 0 Å².